The van der Waals surface area contributed by atoms with Crippen LogP contribution in [0.2, 0.25) is 10.0 Å². The maximum atomic E-state index is 12.9. The number of anilines is 2. The third kappa shape index (κ3) is 5.80. The predicted octanol–water partition coefficient (Wildman–Crippen LogP) is 5.33. The third-order valence-corrected chi connectivity index (χ3v) is 6.91. The van der Waals surface area contributed by atoms with Crippen LogP contribution in [0.4, 0.5) is 17.1 Å². The van der Waals surface area contributed by atoms with E-state index in [0.29, 0.717) is 10.7 Å². The molecule has 190 valence electrons. The van der Waals surface area contributed by atoms with E-state index in [2.05, 4.69) is 9.57 Å². The zero-order valence-electron chi connectivity index (χ0n) is 19.4. The van der Waals surface area contributed by atoms with Crippen LogP contribution in [0.25, 0.3) is 4.85 Å². The van der Waals surface area contributed by atoms with E-state index in [1.807, 2.05) is 0 Å². The fourth-order valence-corrected chi connectivity index (χ4v) is 4.96. The van der Waals surface area contributed by atoms with Crippen LogP contribution in [0.3, 0.4) is 0 Å². The van der Waals surface area contributed by atoms with Crippen LogP contribution in [0, 0.1) is 6.57 Å². The quantitative estimate of drug-likeness (QED) is 0.379. The van der Waals surface area contributed by atoms with Gasteiger partial charge in [-0.2, -0.15) is 0 Å². The van der Waals surface area contributed by atoms with E-state index in [1.54, 1.807) is 42.5 Å². The van der Waals surface area contributed by atoms with E-state index in [0.717, 1.165) is 11.8 Å². The number of ether oxygens (including phenoxy) is 1. The van der Waals surface area contributed by atoms with Crippen molar-refractivity contribution in [3.63, 3.8) is 0 Å². The topological polar surface area (TPSA) is 123 Å². The lowest BCUT2D eigenvalue weighted by molar-refractivity contribution is -0.117. The standard InChI is InChI=1S/C25H20Cl2N4O5S/c1-29-21-5-3-4-19(27)24(21)36-22-10-14(6-8-18(22)26)15-11-23(32)31(13-15)16-7-9-20(30-37(2,34)35)17(12-16)25(28)33/h3-10,12,15,30H,11,13H2,2H3,(H2,28,33)/t15-/m0/s1. The van der Waals surface area contributed by atoms with Gasteiger partial charge in [0, 0.05) is 24.6 Å². The lowest BCUT2D eigenvalue weighted by atomic mass is 9.98. The first kappa shape index (κ1) is 26.3. The van der Waals surface area contributed by atoms with Crippen LogP contribution in [0.5, 0.6) is 11.5 Å². The van der Waals surface area contributed by atoms with Crippen LogP contribution < -0.4 is 20.1 Å². The zero-order valence-corrected chi connectivity index (χ0v) is 21.7. The summed E-state index contributed by atoms with van der Waals surface area (Å²) >= 11 is 12.6. The Kier molecular flexibility index (Phi) is 7.32. The van der Waals surface area contributed by atoms with Crippen molar-refractivity contribution in [3.8, 4) is 11.5 Å². The molecule has 1 fully saturated rings. The molecule has 1 heterocycles. The Bertz CT molecular complexity index is 1570. The first-order valence-corrected chi connectivity index (χ1v) is 13.5. The molecule has 37 heavy (non-hydrogen) atoms. The van der Waals surface area contributed by atoms with Gasteiger partial charge in [0.25, 0.3) is 5.91 Å². The number of hydrogen-bond acceptors (Lipinski definition) is 5. The molecule has 0 bridgehead atoms. The lowest BCUT2D eigenvalue weighted by Crippen LogP contribution is -2.25. The molecule has 2 amide bonds. The zero-order chi connectivity index (χ0) is 26.9. The Morgan fingerprint density at radius 3 is 2.59 bits per heavy atom. The van der Waals surface area contributed by atoms with Crippen molar-refractivity contribution in [1.82, 2.24) is 0 Å². The van der Waals surface area contributed by atoms with Crippen molar-refractivity contribution < 1.29 is 22.7 Å². The van der Waals surface area contributed by atoms with Crippen LogP contribution in [0.1, 0.15) is 28.3 Å². The summed E-state index contributed by atoms with van der Waals surface area (Å²) in [5.41, 5.74) is 6.83. The van der Waals surface area contributed by atoms with Gasteiger partial charge in [-0.3, -0.25) is 14.3 Å². The van der Waals surface area contributed by atoms with Crippen LogP contribution in [0.15, 0.2) is 54.6 Å². The molecular weight excluding hydrogens is 539 g/mol. The van der Waals surface area contributed by atoms with Crippen molar-refractivity contribution >= 4 is 62.1 Å². The molecule has 12 heteroatoms. The number of amides is 2. The van der Waals surface area contributed by atoms with Gasteiger partial charge >= 0.3 is 0 Å². The Morgan fingerprint density at radius 2 is 1.92 bits per heavy atom. The van der Waals surface area contributed by atoms with Crippen LogP contribution >= 0.6 is 23.2 Å². The second-order valence-corrected chi connectivity index (χ2v) is 10.9. The number of primary amides is 1. The van der Waals surface area contributed by atoms with E-state index >= 15 is 0 Å². The number of para-hydroxylation sites is 1. The average molecular weight is 559 g/mol. The van der Waals surface area contributed by atoms with Crippen LogP contribution in [-0.2, 0) is 14.8 Å². The molecule has 9 nitrogen and oxygen atoms in total. The summed E-state index contributed by atoms with van der Waals surface area (Å²) in [5, 5.41) is 0.567. The lowest BCUT2D eigenvalue weighted by Gasteiger charge is -2.19. The summed E-state index contributed by atoms with van der Waals surface area (Å²) in [6.07, 6.45) is 1.13. The Morgan fingerprint density at radius 1 is 1.16 bits per heavy atom. The number of nitrogens with one attached hydrogen (secondary N) is 1. The number of nitrogens with two attached hydrogens (primary N) is 1. The number of carbonyl (C=O) groups excluding carboxylic acids is 2. The van der Waals surface area contributed by atoms with Gasteiger partial charge in [-0.25, -0.2) is 13.3 Å². The maximum Gasteiger partial charge on any atom is 0.250 e. The Balaban J connectivity index is 1.61. The average Bonchev–Trinajstić information content (AvgIpc) is 3.22. The molecule has 1 aliphatic rings. The van der Waals surface area contributed by atoms with Crippen molar-refractivity contribution in [2.24, 2.45) is 5.73 Å². The third-order valence-electron chi connectivity index (χ3n) is 5.71. The predicted molar refractivity (Wildman–Crippen MR) is 142 cm³/mol. The van der Waals surface area contributed by atoms with Gasteiger partial charge in [0.2, 0.25) is 21.6 Å². The molecule has 3 aromatic carbocycles. The van der Waals surface area contributed by atoms with Crippen molar-refractivity contribution in [2.45, 2.75) is 12.3 Å². The van der Waals surface area contributed by atoms with E-state index in [-0.39, 0.29) is 58.3 Å². The fourth-order valence-electron chi connectivity index (χ4n) is 4.02. The molecule has 3 N–H and O–H groups in total. The molecule has 0 spiro atoms. The van der Waals surface area contributed by atoms with Gasteiger partial charge in [0.1, 0.15) is 5.75 Å². The van der Waals surface area contributed by atoms with Crippen LogP contribution in [-0.4, -0.2) is 33.0 Å². The molecule has 4 rings (SSSR count). The summed E-state index contributed by atoms with van der Waals surface area (Å²) in [6, 6.07) is 14.3. The second kappa shape index (κ2) is 10.3. The van der Waals surface area contributed by atoms with Crippen molar-refractivity contribution in [1.29, 1.82) is 0 Å². The molecule has 3 aromatic rings. The highest BCUT2D eigenvalue weighted by Gasteiger charge is 2.33. The minimum Gasteiger partial charge on any atom is -0.465 e. The molecule has 1 atom stereocenters. The fraction of sp³-hybridized carbons (Fsp3) is 0.160. The summed E-state index contributed by atoms with van der Waals surface area (Å²) in [4.78, 5) is 29.8. The normalized spacial score (nSPS) is 15.4. The number of carbonyl (C=O) groups is 2. The summed E-state index contributed by atoms with van der Waals surface area (Å²) in [7, 11) is -3.64. The number of benzene rings is 3. The molecule has 1 saturated heterocycles. The van der Waals surface area contributed by atoms with Gasteiger partial charge in [0.15, 0.2) is 5.75 Å². The van der Waals surface area contributed by atoms with E-state index in [1.165, 1.54) is 17.0 Å². The summed E-state index contributed by atoms with van der Waals surface area (Å²) in [5.74, 6) is -0.791. The highest BCUT2D eigenvalue weighted by molar-refractivity contribution is 7.92. The highest BCUT2D eigenvalue weighted by atomic mass is 35.5. The molecule has 0 radical (unpaired) electrons. The Hall–Kier alpha value is -3.78. The van der Waals surface area contributed by atoms with E-state index in [4.69, 9.17) is 40.2 Å². The molecule has 0 aliphatic carbocycles. The first-order chi connectivity index (χ1) is 17.5. The minimum atomic E-state index is -3.64. The molecule has 0 aromatic heterocycles. The van der Waals surface area contributed by atoms with Crippen molar-refractivity contribution in [2.75, 3.05) is 22.4 Å². The monoisotopic (exact) mass is 558 g/mol. The second-order valence-electron chi connectivity index (χ2n) is 8.37. The van der Waals surface area contributed by atoms with Gasteiger partial charge in [-0.15, -0.1) is 0 Å². The molecular formula is C25H20Cl2N4O5S. The first-order valence-electron chi connectivity index (χ1n) is 10.8. The number of halogens is 2. The highest BCUT2D eigenvalue weighted by Crippen LogP contribution is 2.42. The van der Waals surface area contributed by atoms with Gasteiger partial charge in [-0.1, -0.05) is 41.4 Å². The Labute approximate surface area is 223 Å². The minimum absolute atomic E-state index is 0.0276. The van der Waals surface area contributed by atoms with Gasteiger partial charge in [-0.05, 0) is 42.0 Å². The van der Waals surface area contributed by atoms with E-state index < -0.39 is 15.9 Å². The van der Waals surface area contributed by atoms with Gasteiger partial charge < -0.3 is 15.4 Å². The van der Waals surface area contributed by atoms with Crippen molar-refractivity contribution in [3.05, 3.63) is 87.2 Å². The number of nitrogens with zero attached hydrogens (tertiary/aromatic N) is 2. The summed E-state index contributed by atoms with van der Waals surface area (Å²) < 4.78 is 31.4. The largest absolute Gasteiger partial charge is 0.465 e. The number of sulfonamides is 1. The maximum absolute atomic E-state index is 12.9. The molecule has 0 saturated carbocycles. The summed E-state index contributed by atoms with van der Waals surface area (Å²) in [6.45, 7) is 7.64. The smallest absolute Gasteiger partial charge is 0.250 e. The molecule has 0 unspecified atom stereocenters. The molecule has 1 aliphatic heterocycles. The van der Waals surface area contributed by atoms with E-state index in [9.17, 15) is 18.0 Å². The number of rotatable bonds is 7. The SMILES string of the molecule is [C-]#[N+]c1cccc(Cl)c1Oc1cc([C@H]2CC(=O)N(c3ccc(NS(C)(=O)=O)c(C(N)=O)c3)C2)ccc1Cl. The van der Waals surface area contributed by atoms with Gasteiger partial charge in [0.05, 0.1) is 34.1 Å². The number of hydrogen-bond donors (Lipinski definition) is 2.